The third kappa shape index (κ3) is 5.72. The molecule has 1 aromatic heterocycles. The Morgan fingerprint density at radius 3 is 2.62 bits per heavy atom. The fourth-order valence-corrected chi connectivity index (χ4v) is 4.35. The molecule has 2 unspecified atom stereocenters. The van der Waals surface area contributed by atoms with E-state index in [9.17, 15) is 9.90 Å². The van der Waals surface area contributed by atoms with Crippen molar-refractivity contribution in [3.8, 4) is 28.5 Å². The van der Waals surface area contributed by atoms with Crippen molar-refractivity contribution in [2.24, 2.45) is 5.73 Å². The van der Waals surface area contributed by atoms with Gasteiger partial charge in [0.2, 0.25) is 0 Å². The van der Waals surface area contributed by atoms with E-state index in [1.807, 2.05) is 19.1 Å². The summed E-state index contributed by atoms with van der Waals surface area (Å²) in [6.45, 7) is 3.77. The minimum atomic E-state index is -1.42. The Kier molecular flexibility index (Phi) is 7.75. The standard InChI is InChI=1S/C28H31ClN2O6/c1-27(30)16-37-26-20(27)15-24(31-25(26)17-4-7-19(29)8-5-17)28(2,34)11-10-21(33)18-6-9-22(36-13-12-32)23(14-18)35-3/h4-9,14-15,32,34H,10-13,16,30H2,1-3H3. The summed E-state index contributed by atoms with van der Waals surface area (Å²) in [7, 11) is 1.48. The number of hydrogen-bond acceptors (Lipinski definition) is 8. The van der Waals surface area contributed by atoms with Crippen molar-refractivity contribution in [2.45, 2.75) is 37.8 Å². The topological polar surface area (TPSA) is 124 Å². The summed E-state index contributed by atoms with van der Waals surface area (Å²) < 4.78 is 16.7. The molecule has 2 aromatic carbocycles. The third-order valence-electron chi connectivity index (χ3n) is 6.45. The van der Waals surface area contributed by atoms with E-state index < -0.39 is 11.1 Å². The number of nitrogens with zero attached hydrogens (tertiary/aromatic N) is 1. The van der Waals surface area contributed by atoms with Crippen LogP contribution in [0.25, 0.3) is 11.3 Å². The van der Waals surface area contributed by atoms with Gasteiger partial charge in [0.15, 0.2) is 23.0 Å². The first kappa shape index (κ1) is 26.9. The SMILES string of the molecule is COc1cc(C(=O)CCC(C)(O)c2cc3c(c(-c4ccc(Cl)cc4)n2)OCC3(C)N)ccc1OCCO. The van der Waals surface area contributed by atoms with Crippen LogP contribution in [0.4, 0.5) is 0 Å². The molecular formula is C28H31ClN2O6. The molecule has 4 N–H and O–H groups in total. The second-order valence-corrected chi connectivity index (χ2v) is 10.0. The van der Waals surface area contributed by atoms with Gasteiger partial charge in [0, 0.05) is 28.1 Å². The molecule has 1 aliphatic heterocycles. The van der Waals surface area contributed by atoms with E-state index in [0.717, 1.165) is 11.1 Å². The normalized spacial score (nSPS) is 18.0. The summed E-state index contributed by atoms with van der Waals surface area (Å²) in [6.07, 6.45) is 0.198. The van der Waals surface area contributed by atoms with Crippen LogP contribution in [-0.4, -0.2) is 47.9 Å². The van der Waals surface area contributed by atoms with E-state index in [1.54, 1.807) is 43.3 Å². The number of halogens is 1. The zero-order chi connectivity index (χ0) is 26.8. The summed E-state index contributed by atoms with van der Waals surface area (Å²) in [4.78, 5) is 17.8. The predicted octanol–water partition coefficient (Wildman–Crippen LogP) is 4.22. The van der Waals surface area contributed by atoms with Gasteiger partial charge in [-0.05, 0) is 56.7 Å². The summed E-state index contributed by atoms with van der Waals surface area (Å²) in [5, 5.41) is 21.0. The maximum Gasteiger partial charge on any atom is 0.163 e. The van der Waals surface area contributed by atoms with Crippen LogP contribution >= 0.6 is 11.6 Å². The van der Waals surface area contributed by atoms with E-state index in [1.165, 1.54) is 7.11 Å². The summed E-state index contributed by atoms with van der Waals surface area (Å²) in [5.74, 6) is 1.24. The monoisotopic (exact) mass is 526 g/mol. The molecule has 8 nitrogen and oxygen atoms in total. The molecule has 0 amide bonds. The Morgan fingerprint density at radius 1 is 1.22 bits per heavy atom. The molecule has 0 radical (unpaired) electrons. The molecule has 0 spiro atoms. The van der Waals surface area contributed by atoms with E-state index in [-0.39, 0.29) is 38.4 Å². The first-order valence-electron chi connectivity index (χ1n) is 12.0. The van der Waals surface area contributed by atoms with Gasteiger partial charge in [-0.1, -0.05) is 23.7 Å². The molecule has 3 aromatic rings. The average molecular weight is 527 g/mol. The first-order chi connectivity index (χ1) is 17.6. The van der Waals surface area contributed by atoms with Gasteiger partial charge in [0.25, 0.3) is 0 Å². The number of aliphatic hydroxyl groups excluding tert-OH is 1. The van der Waals surface area contributed by atoms with E-state index >= 15 is 0 Å². The molecule has 0 bridgehead atoms. The van der Waals surface area contributed by atoms with Crippen molar-refractivity contribution < 1.29 is 29.2 Å². The fourth-order valence-electron chi connectivity index (χ4n) is 4.23. The lowest BCUT2D eigenvalue weighted by Gasteiger charge is -2.25. The zero-order valence-electron chi connectivity index (χ0n) is 21.1. The minimum Gasteiger partial charge on any atom is -0.493 e. The first-order valence-corrected chi connectivity index (χ1v) is 12.3. The van der Waals surface area contributed by atoms with E-state index in [2.05, 4.69) is 0 Å². The lowest BCUT2D eigenvalue weighted by molar-refractivity contribution is 0.0396. The Balaban J connectivity index is 1.60. The van der Waals surface area contributed by atoms with Crippen molar-refractivity contribution in [3.63, 3.8) is 0 Å². The van der Waals surface area contributed by atoms with Crippen molar-refractivity contribution in [1.29, 1.82) is 0 Å². The molecule has 0 fully saturated rings. The minimum absolute atomic E-state index is 0.0679. The lowest BCUT2D eigenvalue weighted by Crippen LogP contribution is -2.35. The van der Waals surface area contributed by atoms with Gasteiger partial charge in [0.1, 0.15) is 24.5 Å². The molecule has 2 heterocycles. The number of nitrogens with two attached hydrogens (primary N) is 1. The average Bonchev–Trinajstić information content (AvgIpc) is 3.20. The molecule has 2 atom stereocenters. The van der Waals surface area contributed by atoms with Gasteiger partial charge in [-0.3, -0.25) is 4.79 Å². The van der Waals surface area contributed by atoms with Crippen molar-refractivity contribution in [1.82, 2.24) is 4.98 Å². The number of fused-ring (bicyclic) bond motifs is 1. The highest BCUT2D eigenvalue weighted by Crippen LogP contribution is 2.44. The van der Waals surface area contributed by atoms with Crippen molar-refractivity contribution in [2.75, 3.05) is 26.9 Å². The maximum atomic E-state index is 13.0. The highest BCUT2D eigenvalue weighted by atomic mass is 35.5. The lowest BCUT2D eigenvalue weighted by atomic mass is 9.88. The van der Waals surface area contributed by atoms with Crippen LogP contribution in [0.5, 0.6) is 17.2 Å². The van der Waals surface area contributed by atoms with Gasteiger partial charge in [-0.25, -0.2) is 4.98 Å². The Hall–Kier alpha value is -3.17. The highest BCUT2D eigenvalue weighted by molar-refractivity contribution is 6.30. The van der Waals surface area contributed by atoms with Crippen molar-refractivity contribution >= 4 is 17.4 Å². The number of rotatable bonds is 10. The molecule has 0 aliphatic carbocycles. The van der Waals surface area contributed by atoms with Gasteiger partial charge in [-0.15, -0.1) is 0 Å². The Morgan fingerprint density at radius 2 is 1.95 bits per heavy atom. The van der Waals surface area contributed by atoms with E-state index in [4.69, 9.17) is 41.6 Å². The van der Waals surface area contributed by atoms with Crippen LogP contribution in [0.3, 0.4) is 0 Å². The Labute approximate surface area is 221 Å². The van der Waals surface area contributed by atoms with Crippen LogP contribution in [-0.2, 0) is 11.1 Å². The number of carbonyl (C=O) groups is 1. The molecular weight excluding hydrogens is 496 g/mol. The van der Waals surface area contributed by atoms with Gasteiger partial charge in [0.05, 0.1) is 24.9 Å². The summed E-state index contributed by atoms with van der Waals surface area (Å²) in [5.41, 5.74) is 7.24. The molecule has 9 heteroatoms. The zero-order valence-corrected chi connectivity index (χ0v) is 21.8. The van der Waals surface area contributed by atoms with Gasteiger partial charge >= 0.3 is 0 Å². The number of methoxy groups -OCH3 is 1. The molecule has 37 heavy (non-hydrogen) atoms. The number of pyridine rings is 1. The molecule has 196 valence electrons. The number of benzene rings is 2. The third-order valence-corrected chi connectivity index (χ3v) is 6.70. The number of hydrogen-bond donors (Lipinski definition) is 3. The highest BCUT2D eigenvalue weighted by Gasteiger charge is 2.38. The summed E-state index contributed by atoms with van der Waals surface area (Å²) >= 11 is 6.07. The van der Waals surface area contributed by atoms with Crippen LogP contribution in [0, 0.1) is 0 Å². The van der Waals surface area contributed by atoms with Crippen LogP contribution in [0.15, 0.2) is 48.5 Å². The largest absolute Gasteiger partial charge is 0.493 e. The summed E-state index contributed by atoms with van der Waals surface area (Å²) in [6, 6.07) is 13.8. The number of Topliss-reactive ketones (excluding diaryl/α,β-unsaturated/α-hetero) is 1. The van der Waals surface area contributed by atoms with Crippen LogP contribution in [0.2, 0.25) is 5.02 Å². The number of carbonyl (C=O) groups excluding carboxylic acids is 1. The van der Waals surface area contributed by atoms with Gasteiger partial charge < -0.3 is 30.2 Å². The molecule has 0 saturated carbocycles. The Bertz CT molecular complexity index is 1290. The molecule has 4 rings (SSSR count). The second kappa shape index (κ2) is 10.7. The fraction of sp³-hybridized carbons (Fsp3) is 0.357. The molecule has 0 saturated heterocycles. The number of aromatic nitrogens is 1. The van der Waals surface area contributed by atoms with Gasteiger partial charge in [-0.2, -0.15) is 0 Å². The van der Waals surface area contributed by atoms with Crippen LogP contribution in [0.1, 0.15) is 48.3 Å². The van der Waals surface area contributed by atoms with E-state index in [0.29, 0.717) is 39.2 Å². The van der Waals surface area contributed by atoms with Crippen molar-refractivity contribution in [3.05, 3.63) is 70.4 Å². The number of ether oxygens (including phenoxy) is 3. The molecule has 1 aliphatic rings. The number of ketones is 1. The number of aliphatic hydroxyl groups is 2. The second-order valence-electron chi connectivity index (χ2n) is 9.58. The maximum absolute atomic E-state index is 13.0. The predicted molar refractivity (Wildman–Crippen MR) is 140 cm³/mol. The quantitative estimate of drug-likeness (QED) is 0.335. The van der Waals surface area contributed by atoms with Crippen LogP contribution < -0.4 is 19.9 Å². The smallest absolute Gasteiger partial charge is 0.163 e.